The van der Waals surface area contributed by atoms with Crippen LogP contribution in [-0.2, 0) is 11.2 Å². The van der Waals surface area contributed by atoms with Crippen molar-refractivity contribution in [2.45, 2.75) is 26.2 Å². The molecule has 1 aliphatic rings. The summed E-state index contributed by atoms with van der Waals surface area (Å²) in [6.45, 7) is 3.75. The molecule has 1 fully saturated rings. The van der Waals surface area contributed by atoms with Gasteiger partial charge in [0.15, 0.2) is 5.82 Å². The fourth-order valence-corrected chi connectivity index (χ4v) is 3.16. The van der Waals surface area contributed by atoms with Crippen LogP contribution in [0.3, 0.4) is 0 Å². The Bertz CT molecular complexity index is 781. The van der Waals surface area contributed by atoms with Crippen molar-refractivity contribution in [3.8, 4) is 0 Å². The predicted molar refractivity (Wildman–Crippen MR) is 93.9 cm³/mol. The largest absolute Gasteiger partial charge is 0.478 e. The topological polar surface area (TPSA) is 109 Å². The number of anilines is 1. The minimum Gasteiger partial charge on any atom is -0.478 e. The van der Waals surface area contributed by atoms with E-state index in [0.717, 1.165) is 38.2 Å². The van der Waals surface area contributed by atoms with Gasteiger partial charge in [-0.05, 0) is 50.0 Å². The van der Waals surface area contributed by atoms with Crippen molar-refractivity contribution in [3.63, 3.8) is 0 Å². The number of nitrogens with one attached hydrogen (secondary N) is 1. The van der Waals surface area contributed by atoms with Crippen LogP contribution in [0.25, 0.3) is 0 Å². The summed E-state index contributed by atoms with van der Waals surface area (Å²) in [7, 11) is 0. The average Bonchev–Trinajstić information content (AvgIpc) is 3.01. The van der Waals surface area contributed by atoms with Gasteiger partial charge in [-0.1, -0.05) is 11.2 Å². The van der Waals surface area contributed by atoms with E-state index in [0.29, 0.717) is 24.0 Å². The minimum absolute atomic E-state index is 0.139. The molecule has 0 aliphatic carbocycles. The fourth-order valence-electron chi connectivity index (χ4n) is 3.16. The summed E-state index contributed by atoms with van der Waals surface area (Å²) in [5, 5.41) is 15.7. The Kier molecular flexibility index (Phi) is 5.62. The Morgan fingerprint density at radius 3 is 2.77 bits per heavy atom. The lowest BCUT2D eigenvalue weighted by Gasteiger charge is -2.30. The monoisotopic (exact) mass is 358 g/mol. The number of aryl methyl sites for hydroxylation is 1. The first-order valence-electron chi connectivity index (χ1n) is 8.64. The van der Waals surface area contributed by atoms with Crippen LogP contribution in [0.1, 0.15) is 34.9 Å². The molecule has 26 heavy (non-hydrogen) atoms. The van der Waals surface area contributed by atoms with Crippen molar-refractivity contribution in [1.29, 1.82) is 0 Å². The first-order chi connectivity index (χ1) is 12.5. The first-order valence-corrected chi connectivity index (χ1v) is 8.64. The zero-order valence-electron chi connectivity index (χ0n) is 14.6. The van der Waals surface area contributed by atoms with Crippen molar-refractivity contribution in [2.75, 3.05) is 25.0 Å². The second kappa shape index (κ2) is 8.09. The number of likely N-dealkylation sites (tertiary alicyclic amines) is 1. The Morgan fingerprint density at radius 2 is 2.12 bits per heavy atom. The molecular formula is C18H22N4O4. The molecule has 2 heterocycles. The average molecular weight is 358 g/mol. The van der Waals surface area contributed by atoms with E-state index >= 15 is 0 Å². The summed E-state index contributed by atoms with van der Waals surface area (Å²) >= 11 is 0. The summed E-state index contributed by atoms with van der Waals surface area (Å²) in [4.78, 5) is 29.5. The number of carbonyl (C=O) groups excluding carboxylic acids is 1. The molecule has 1 aromatic carbocycles. The van der Waals surface area contributed by atoms with Crippen molar-refractivity contribution in [2.24, 2.45) is 5.92 Å². The molecule has 2 aromatic rings. The van der Waals surface area contributed by atoms with Crippen LogP contribution in [0, 0.1) is 12.8 Å². The Hall–Kier alpha value is -2.74. The van der Waals surface area contributed by atoms with Gasteiger partial charge in [0.2, 0.25) is 11.8 Å². The van der Waals surface area contributed by atoms with E-state index < -0.39 is 5.97 Å². The Labute approximate surface area is 151 Å². The van der Waals surface area contributed by atoms with E-state index in [2.05, 4.69) is 20.4 Å². The molecule has 0 spiro atoms. The summed E-state index contributed by atoms with van der Waals surface area (Å²) in [6.07, 6.45) is 2.77. The fraction of sp³-hybridized carbons (Fsp3) is 0.444. The predicted octanol–water partition coefficient (Wildman–Crippen LogP) is 1.97. The van der Waals surface area contributed by atoms with Crippen LogP contribution in [0.4, 0.5) is 5.69 Å². The molecule has 1 aliphatic heterocycles. The van der Waals surface area contributed by atoms with Gasteiger partial charge in [-0.15, -0.1) is 0 Å². The summed E-state index contributed by atoms with van der Waals surface area (Å²) in [6, 6.07) is 6.25. The van der Waals surface area contributed by atoms with Crippen LogP contribution in [0.5, 0.6) is 0 Å². The molecule has 2 N–H and O–H groups in total. The SMILES string of the molecule is Cc1nc(CC2CCN(CC(=O)Nc3cccc(C(=O)O)c3)CC2)no1. The summed E-state index contributed by atoms with van der Waals surface area (Å²) in [5.41, 5.74) is 0.651. The third-order valence-corrected chi connectivity index (χ3v) is 4.51. The standard InChI is InChI=1S/C18H22N4O4/c1-12-19-16(21-26-12)9-13-5-7-22(8-6-13)11-17(23)20-15-4-2-3-14(10-15)18(24)25/h2-4,10,13H,5-9,11H2,1H3,(H,20,23)(H,24,25). The van der Waals surface area contributed by atoms with Gasteiger partial charge in [0.25, 0.3) is 0 Å². The number of hydrogen-bond donors (Lipinski definition) is 2. The van der Waals surface area contributed by atoms with E-state index in [1.165, 1.54) is 12.1 Å². The molecule has 0 unspecified atom stereocenters. The molecule has 138 valence electrons. The molecule has 1 amide bonds. The van der Waals surface area contributed by atoms with Crippen LogP contribution in [0.2, 0.25) is 0 Å². The molecule has 0 radical (unpaired) electrons. The highest BCUT2D eigenvalue weighted by Crippen LogP contribution is 2.20. The third-order valence-electron chi connectivity index (χ3n) is 4.51. The molecule has 0 bridgehead atoms. The van der Waals surface area contributed by atoms with E-state index in [4.69, 9.17) is 9.63 Å². The maximum atomic E-state index is 12.2. The molecule has 1 saturated heterocycles. The lowest BCUT2D eigenvalue weighted by Crippen LogP contribution is -2.39. The van der Waals surface area contributed by atoms with E-state index in [-0.39, 0.29) is 11.5 Å². The molecular weight excluding hydrogens is 336 g/mol. The van der Waals surface area contributed by atoms with Crippen LogP contribution >= 0.6 is 0 Å². The zero-order chi connectivity index (χ0) is 18.5. The number of carbonyl (C=O) groups is 2. The summed E-state index contributed by atoms with van der Waals surface area (Å²) < 4.78 is 5.00. The van der Waals surface area contributed by atoms with Crippen LogP contribution in [0.15, 0.2) is 28.8 Å². The number of hydrogen-bond acceptors (Lipinski definition) is 6. The van der Waals surface area contributed by atoms with Crippen LogP contribution < -0.4 is 5.32 Å². The molecule has 0 atom stereocenters. The third kappa shape index (κ3) is 4.89. The minimum atomic E-state index is -1.01. The molecule has 8 heteroatoms. The second-order valence-electron chi connectivity index (χ2n) is 6.59. The number of rotatable bonds is 6. The lowest BCUT2D eigenvalue weighted by atomic mass is 9.93. The number of amides is 1. The Morgan fingerprint density at radius 1 is 1.35 bits per heavy atom. The van der Waals surface area contributed by atoms with E-state index in [1.54, 1.807) is 19.1 Å². The maximum absolute atomic E-state index is 12.2. The molecule has 8 nitrogen and oxygen atoms in total. The highest BCUT2D eigenvalue weighted by molar-refractivity contribution is 5.94. The quantitative estimate of drug-likeness (QED) is 0.812. The smallest absolute Gasteiger partial charge is 0.335 e. The van der Waals surface area contributed by atoms with Gasteiger partial charge in [0, 0.05) is 19.0 Å². The highest BCUT2D eigenvalue weighted by Gasteiger charge is 2.22. The Balaban J connectivity index is 1.44. The van der Waals surface area contributed by atoms with Gasteiger partial charge in [0.05, 0.1) is 12.1 Å². The first kappa shape index (κ1) is 18.1. The molecule has 1 aromatic heterocycles. The van der Waals surface area contributed by atoms with Gasteiger partial charge in [0.1, 0.15) is 0 Å². The zero-order valence-corrected chi connectivity index (χ0v) is 14.6. The summed E-state index contributed by atoms with van der Waals surface area (Å²) in [5.74, 6) is 0.677. The van der Waals surface area contributed by atoms with Gasteiger partial charge in [-0.25, -0.2) is 4.79 Å². The van der Waals surface area contributed by atoms with Crippen molar-refractivity contribution in [3.05, 3.63) is 41.5 Å². The number of carboxylic acid groups (broad SMARTS) is 1. The number of aromatic carboxylic acids is 1. The number of nitrogens with zero attached hydrogens (tertiary/aromatic N) is 3. The van der Waals surface area contributed by atoms with Gasteiger partial charge in [-0.2, -0.15) is 4.98 Å². The highest BCUT2D eigenvalue weighted by atomic mass is 16.5. The van der Waals surface area contributed by atoms with E-state index in [9.17, 15) is 9.59 Å². The molecule has 3 rings (SSSR count). The van der Waals surface area contributed by atoms with Crippen molar-refractivity contribution >= 4 is 17.6 Å². The van der Waals surface area contributed by atoms with E-state index in [1.807, 2.05) is 0 Å². The van der Waals surface area contributed by atoms with Crippen LogP contribution in [-0.4, -0.2) is 51.7 Å². The second-order valence-corrected chi connectivity index (χ2v) is 6.59. The maximum Gasteiger partial charge on any atom is 0.335 e. The number of piperidine rings is 1. The normalized spacial score (nSPS) is 15.7. The number of aromatic nitrogens is 2. The van der Waals surface area contributed by atoms with Crippen molar-refractivity contribution in [1.82, 2.24) is 15.0 Å². The van der Waals surface area contributed by atoms with Crippen molar-refractivity contribution < 1.29 is 19.2 Å². The lowest BCUT2D eigenvalue weighted by molar-refractivity contribution is -0.117. The van der Waals surface area contributed by atoms with Gasteiger partial charge in [-0.3, -0.25) is 9.69 Å². The number of benzene rings is 1. The van der Waals surface area contributed by atoms with Gasteiger partial charge >= 0.3 is 5.97 Å². The van der Waals surface area contributed by atoms with Gasteiger partial charge < -0.3 is 14.9 Å². The molecule has 0 saturated carbocycles. The number of carboxylic acids is 1.